The third kappa shape index (κ3) is 2.48. The number of hydrogen-bond donors (Lipinski definition) is 0. The molecule has 0 unspecified atom stereocenters. The van der Waals surface area contributed by atoms with Crippen LogP contribution in [0.15, 0.2) is 30.3 Å². The smallest absolute Gasteiger partial charge is 0.273 e. The lowest BCUT2D eigenvalue weighted by Gasteiger charge is -2.32. The predicted octanol–water partition coefficient (Wildman–Crippen LogP) is 3.57. The van der Waals surface area contributed by atoms with Gasteiger partial charge in [-0.2, -0.15) is 5.10 Å². The molecule has 1 aliphatic heterocycles. The van der Waals surface area contributed by atoms with Crippen molar-refractivity contribution < 1.29 is 4.79 Å². The van der Waals surface area contributed by atoms with Crippen molar-refractivity contribution in [2.24, 2.45) is 0 Å². The summed E-state index contributed by atoms with van der Waals surface area (Å²) in [5.74, 6) is 2.21. The van der Waals surface area contributed by atoms with Crippen LogP contribution in [-0.4, -0.2) is 37.1 Å². The standard InChI is InChI=1S/C19H18ClN5O/c1-11-18-22-17(13-5-6-13)23-25(18)10-9-24(11)19(26)15-8-7-12-3-2-4-14(20)16(12)21-15/h2-4,7-8,11,13H,5-6,9-10H2,1H3/t11-/m1/s1. The molecule has 26 heavy (non-hydrogen) atoms. The van der Waals surface area contributed by atoms with Crippen LogP contribution in [0.5, 0.6) is 0 Å². The second-order valence-corrected chi connectivity index (χ2v) is 7.42. The van der Waals surface area contributed by atoms with Crippen molar-refractivity contribution in [2.45, 2.75) is 38.3 Å². The Balaban J connectivity index is 1.47. The van der Waals surface area contributed by atoms with Crippen LogP contribution in [0.4, 0.5) is 0 Å². The van der Waals surface area contributed by atoms with Crippen molar-refractivity contribution >= 4 is 28.4 Å². The van der Waals surface area contributed by atoms with E-state index in [4.69, 9.17) is 16.6 Å². The number of halogens is 1. The quantitative estimate of drug-likeness (QED) is 0.694. The maximum Gasteiger partial charge on any atom is 0.273 e. The first kappa shape index (κ1) is 15.8. The van der Waals surface area contributed by atoms with Gasteiger partial charge in [0.25, 0.3) is 5.91 Å². The lowest BCUT2D eigenvalue weighted by Crippen LogP contribution is -2.41. The number of carbonyl (C=O) groups is 1. The molecule has 3 aromatic rings. The van der Waals surface area contributed by atoms with E-state index in [1.165, 1.54) is 12.8 Å². The van der Waals surface area contributed by atoms with E-state index in [0.29, 0.717) is 35.2 Å². The molecule has 5 rings (SSSR count). The molecule has 2 aliphatic rings. The first-order valence-electron chi connectivity index (χ1n) is 8.92. The summed E-state index contributed by atoms with van der Waals surface area (Å²) in [6.45, 7) is 3.27. The van der Waals surface area contributed by atoms with Crippen LogP contribution in [0, 0.1) is 0 Å². The minimum Gasteiger partial charge on any atom is -0.325 e. The highest BCUT2D eigenvalue weighted by Crippen LogP contribution is 2.39. The van der Waals surface area contributed by atoms with E-state index in [9.17, 15) is 4.79 Å². The summed E-state index contributed by atoms with van der Waals surface area (Å²) in [6, 6.07) is 9.14. The van der Waals surface area contributed by atoms with Crippen LogP contribution in [0.1, 0.15) is 53.9 Å². The highest BCUT2D eigenvalue weighted by atomic mass is 35.5. The lowest BCUT2D eigenvalue weighted by molar-refractivity contribution is 0.0625. The van der Waals surface area contributed by atoms with Crippen molar-refractivity contribution in [1.29, 1.82) is 0 Å². The van der Waals surface area contributed by atoms with E-state index in [2.05, 4.69) is 10.1 Å². The number of rotatable bonds is 2. The summed E-state index contributed by atoms with van der Waals surface area (Å²) >= 11 is 6.24. The van der Waals surface area contributed by atoms with Gasteiger partial charge >= 0.3 is 0 Å². The third-order valence-corrected chi connectivity index (χ3v) is 5.51. The van der Waals surface area contributed by atoms with Gasteiger partial charge in [0.2, 0.25) is 0 Å². The number of pyridine rings is 1. The van der Waals surface area contributed by atoms with Crippen molar-refractivity contribution in [3.8, 4) is 0 Å². The Bertz CT molecular complexity index is 1030. The van der Waals surface area contributed by atoms with Gasteiger partial charge in [-0.05, 0) is 31.9 Å². The number of nitrogens with zero attached hydrogens (tertiary/aromatic N) is 5. The van der Waals surface area contributed by atoms with E-state index in [1.54, 1.807) is 12.1 Å². The Kier molecular flexibility index (Phi) is 3.50. The van der Waals surface area contributed by atoms with E-state index in [-0.39, 0.29) is 11.9 Å². The van der Waals surface area contributed by atoms with Gasteiger partial charge in [0.1, 0.15) is 11.5 Å². The number of amides is 1. The van der Waals surface area contributed by atoms with Gasteiger partial charge in [0.15, 0.2) is 5.82 Å². The molecule has 0 N–H and O–H groups in total. The molecule has 2 aromatic heterocycles. The zero-order chi connectivity index (χ0) is 17.8. The van der Waals surface area contributed by atoms with Crippen LogP contribution in [0.25, 0.3) is 10.9 Å². The number of aromatic nitrogens is 4. The van der Waals surface area contributed by atoms with E-state index in [0.717, 1.165) is 17.0 Å². The Morgan fingerprint density at radius 3 is 2.81 bits per heavy atom. The van der Waals surface area contributed by atoms with Crippen LogP contribution in [0.3, 0.4) is 0 Å². The van der Waals surface area contributed by atoms with Gasteiger partial charge in [-0.3, -0.25) is 4.79 Å². The van der Waals surface area contributed by atoms with Gasteiger partial charge in [-0.1, -0.05) is 29.8 Å². The van der Waals surface area contributed by atoms with Crippen molar-refractivity contribution in [3.05, 3.63) is 52.7 Å². The average Bonchev–Trinajstić information content (AvgIpc) is 3.41. The van der Waals surface area contributed by atoms with Gasteiger partial charge in [0, 0.05) is 17.8 Å². The zero-order valence-electron chi connectivity index (χ0n) is 14.4. The third-order valence-electron chi connectivity index (χ3n) is 5.20. The molecule has 0 radical (unpaired) electrons. The first-order chi connectivity index (χ1) is 12.6. The van der Waals surface area contributed by atoms with E-state index >= 15 is 0 Å². The second kappa shape index (κ2) is 5.77. The Labute approximate surface area is 155 Å². The first-order valence-corrected chi connectivity index (χ1v) is 9.30. The van der Waals surface area contributed by atoms with E-state index < -0.39 is 0 Å². The Morgan fingerprint density at radius 1 is 1.15 bits per heavy atom. The maximum atomic E-state index is 13.1. The fourth-order valence-electron chi connectivity index (χ4n) is 3.55. The van der Waals surface area contributed by atoms with Gasteiger partial charge in [0.05, 0.1) is 23.1 Å². The molecule has 0 bridgehead atoms. The summed E-state index contributed by atoms with van der Waals surface area (Å²) in [7, 11) is 0. The number of hydrogen-bond acceptors (Lipinski definition) is 4. The van der Waals surface area contributed by atoms with E-state index in [1.807, 2.05) is 34.7 Å². The molecule has 1 saturated carbocycles. The fourth-order valence-corrected chi connectivity index (χ4v) is 3.77. The largest absolute Gasteiger partial charge is 0.325 e. The lowest BCUT2D eigenvalue weighted by atomic mass is 10.1. The molecule has 132 valence electrons. The average molecular weight is 368 g/mol. The number of para-hydroxylation sites is 1. The second-order valence-electron chi connectivity index (χ2n) is 7.01. The predicted molar refractivity (Wildman–Crippen MR) is 98.2 cm³/mol. The topological polar surface area (TPSA) is 63.9 Å². The molecule has 1 atom stereocenters. The Morgan fingerprint density at radius 2 is 2.00 bits per heavy atom. The summed E-state index contributed by atoms with van der Waals surface area (Å²) in [5.41, 5.74) is 1.07. The molecule has 1 amide bonds. The molecule has 1 aromatic carbocycles. The molecule has 6 nitrogen and oxygen atoms in total. The van der Waals surface area contributed by atoms with Crippen LogP contribution >= 0.6 is 11.6 Å². The van der Waals surface area contributed by atoms with Crippen LogP contribution < -0.4 is 0 Å². The van der Waals surface area contributed by atoms with Crippen LogP contribution in [0.2, 0.25) is 5.02 Å². The summed E-state index contributed by atoms with van der Waals surface area (Å²) in [6.07, 6.45) is 2.34. The molecular weight excluding hydrogens is 350 g/mol. The van der Waals surface area contributed by atoms with Crippen molar-refractivity contribution in [1.82, 2.24) is 24.6 Å². The van der Waals surface area contributed by atoms with Gasteiger partial charge in [-0.15, -0.1) is 0 Å². The number of fused-ring (bicyclic) bond motifs is 2. The minimum atomic E-state index is -0.125. The molecular formula is C19H18ClN5O. The molecule has 0 spiro atoms. The summed E-state index contributed by atoms with van der Waals surface area (Å²) < 4.78 is 1.95. The fraction of sp³-hybridized carbons (Fsp3) is 0.368. The minimum absolute atomic E-state index is 0.0958. The molecule has 0 saturated heterocycles. The maximum absolute atomic E-state index is 13.1. The zero-order valence-corrected chi connectivity index (χ0v) is 15.1. The molecule has 7 heteroatoms. The van der Waals surface area contributed by atoms with Crippen molar-refractivity contribution in [3.63, 3.8) is 0 Å². The number of carbonyl (C=O) groups excluding carboxylic acids is 1. The molecule has 1 aliphatic carbocycles. The summed E-state index contributed by atoms with van der Waals surface area (Å²) in [4.78, 5) is 24.1. The summed E-state index contributed by atoms with van der Waals surface area (Å²) in [5, 5.41) is 6.10. The normalized spacial score (nSPS) is 19.6. The SMILES string of the molecule is C[C@@H]1c2nc(C3CC3)nn2CCN1C(=O)c1ccc2cccc(Cl)c2n1. The monoisotopic (exact) mass is 367 g/mol. The number of benzene rings is 1. The van der Waals surface area contributed by atoms with Crippen LogP contribution in [-0.2, 0) is 6.54 Å². The molecule has 3 heterocycles. The van der Waals surface area contributed by atoms with Gasteiger partial charge in [-0.25, -0.2) is 14.6 Å². The highest BCUT2D eigenvalue weighted by Gasteiger charge is 2.35. The Hall–Kier alpha value is -2.47. The van der Waals surface area contributed by atoms with Crippen molar-refractivity contribution in [2.75, 3.05) is 6.54 Å². The highest BCUT2D eigenvalue weighted by molar-refractivity contribution is 6.35. The molecule has 1 fully saturated rings. The van der Waals surface area contributed by atoms with Gasteiger partial charge < -0.3 is 4.90 Å².